The number of rotatable bonds is 0. The van der Waals surface area contributed by atoms with Gasteiger partial charge in [-0.15, -0.1) is 10.2 Å². The van der Waals surface area contributed by atoms with E-state index in [0.717, 1.165) is 11.0 Å². The van der Waals surface area contributed by atoms with Crippen molar-refractivity contribution in [2.75, 3.05) is 5.73 Å². The summed E-state index contributed by atoms with van der Waals surface area (Å²) in [6.07, 6.45) is 1.65. The molecule has 3 aromatic rings. The number of nitrogen functional groups attached to an aromatic ring is 1. The Hall–Kier alpha value is -2.17. The van der Waals surface area contributed by atoms with Crippen molar-refractivity contribution >= 4 is 22.5 Å². The van der Waals surface area contributed by atoms with Gasteiger partial charge in [0.15, 0.2) is 5.82 Å². The Kier molecular flexibility index (Phi) is 1.45. The highest BCUT2D eigenvalue weighted by molar-refractivity contribution is 5.82. The molecule has 0 atom stereocenters. The summed E-state index contributed by atoms with van der Waals surface area (Å²) in [5, 5.41) is 7.76. The largest absolute Gasteiger partial charge is 0.381 e. The third kappa shape index (κ3) is 1.06. The smallest absolute Gasteiger partial charge is 0.203 e. The Morgan fingerprint density at radius 1 is 1.33 bits per heavy atom. The second-order valence-electron chi connectivity index (χ2n) is 3.51. The van der Waals surface area contributed by atoms with Gasteiger partial charge in [0.2, 0.25) is 5.65 Å². The number of hydrogen-bond acceptors (Lipinski definition) is 4. The van der Waals surface area contributed by atoms with E-state index in [4.69, 9.17) is 5.73 Å². The molecule has 0 unspecified atom stereocenters. The summed E-state index contributed by atoms with van der Waals surface area (Å²) in [5.41, 5.74) is 9.37. The zero-order valence-corrected chi connectivity index (χ0v) is 8.18. The van der Waals surface area contributed by atoms with Crippen LogP contribution in [0.1, 0.15) is 5.56 Å². The summed E-state index contributed by atoms with van der Waals surface area (Å²) in [7, 11) is 0. The lowest BCUT2D eigenvalue weighted by atomic mass is 10.2. The zero-order chi connectivity index (χ0) is 10.4. The van der Waals surface area contributed by atoms with Crippen LogP contribution in [0.3, 0.4) is 0 Å². The van der Waals surface area contributed by atoms with Crippen LogP contribution in [0.5, 0.6) is 0 Å². The van der Waals surface area contributed by atoms with Gasteiger partial charge in [-0.05, 0) is 24.6 Å². The standard InChI is InChI=1S/C10H9N5/c1-6-2-3-7-8(4-6)15-5-12-14-10(15)9(11)13-7/h2-5H,1H3,(H2,11,13). The van der Waals surface area contributed by atoms with Crippen LogP contribution in [0.15, 0.2) is 24.5 Å². The zero-order valence-electron chi connectivity index (χ0n) is 8.18. The first kappa shape index (κ1) is 8.16. The van der Waals surface area contributed by atoms with Gasteiger partial charge in [-0.3, -0.25) is 4.40 Å². The highest BCUT2D eigenvalue weighted by Gasteiger charge is 2.06. The van der Waals surface area contributed by atoms with E-state index in [1.807, 2.05) is 29.5 Å². The van der Waals surface area contributed by atoms with Crippen molar-refractivity contribution in [1.29, 1.82) is 0 Å². The Labute approximate surface area is 85.6 Å². The Morgan fingerprint density at radius 2 is 2.20 bits per heavy atom. The number of aryl methyl sites for hydroxylation is 1. The van der Waals surface area contributed by atoms with Gasteiger partial charge in [0.1, 0.15) is 6.33 Å². The number of anilines is 1. The van der Waals surface area contributed by atoms with Crippen LogP contribution >= 0.6 is 0 Å². The van der Waals surface area contributed by atoms with Gasteiger partial charge in [-0.1, -0.05) is 6.07 Å². The lowest BCUT2D eigenvalue weighted by Gasteiger charge is -2.03. The van der Waals surface area contributed by atoms with Gasteiger partial charge in [0, 0.05) is 0 Å². The summed E-state index contributed by atoms with van der Waals surface area (Å²) in [6.45, 7) is 2.03. The molecular formula is C10H9N5. The Balaban J connectivity index is 2.61. The maximum atomic E-state index is 5.77. The Bertz CT molecular complexity index is 655. The van der Waals surface area contributed by atoms with Crippen molar-refractivity contribution in [1.82, 2.24) is 19.6 Å². The minimum atomic E-state index is 0.406. The highest BCUT2D eigenvalue weighted by Crippen LogP contribution is 2.18. The fourth-order valence-corrected chi connectivity index (χ4v) is 1.69. The number of benzene rings is 1. The van der Waals surface area contributed by atoms with Crippen LogP contribution in [0.2, 0.25) is 0 Å². The summed E-state index contributed by atoms with van der Waals surface area (Å²) < 4.78 is 1.85. The molecule has 0 bridgehead atoms. The van der Waals surface area contributed by atoms with Crippen LogP contribution in [0.4, 0.5) is 5.82 Å². The fourth-order valence-electron chi connectivity index (χ4n) is 1.69. The molecule has 2 N–H and O–H groups in total. The summed E-state index contributed by atoms with van der Waals surface area (Å²) in [4.78, 5) is 4.27. The van der Waals surface area contributed by atoms with Gasteiger partial charge in [0.05, 0.1) is 11.0 Å². The van der Waals surface area contributed by atoms with Gasteiger partial charge in [0.25, 0.3) is 0 Å². The van der Waals surface area contributed by atoms with E-state index in [1.54, 1.807) is 6.33 Å². The molecule has 0 fully saturated rings. The fraction of sp³-hybridized carbons (Fsp3) is 0.100. The van der Waals surface area contributed by atoms with Gasteiger partial charge >= 0.3 is 0 Å². The molecule has 74 valence electrons. The second kappa shape index (κ2) is 2.66. The van der Waals surface area contributed by atoms with Gasteiger partial charge in [-0.25, -0.2) is 4.98 Å². The van der Waals surface area contributed by atoms with Crippen molar-refractivity contribution in [3.63, 3.8) is 0 Å². The molecule has 1 aromatic carbocycles. The molecule has 0 aliphatic heterocycles. The van der Waals surface area contributed by atoms with Gasteiger partial charge < -0.3 is 5.73 Å². The van der Waals surface area contributed by atoms with E-state index < -0.39 is 0 Å². The number of aromatic nitrogens is 4. The molecule has 0 amide bonds. The minimum absolute atomic E-state index is 0.406. The topological polar surface area (TPSA) is 69.1 Å². The SMILES string of the molecule is Cc1ccc2nc(N)c3nncn3c2c1. The average molecular weight is 199 g/mol. The quantitative estimate of drug-likeness (QED) is 0.590. The molecule has 2 heterocycles. The van der Waals surface area contributed by atoms with E-state index in [2.05, 4.69) is 15.2 Å². The molecule has 5 nitrogen and oxygen atoms in total. The minimum Gasteiger partial charge on any atom is -0.381 e. The van der Waals surface area contributed by atoms with Crippen molar-refractivity contribution in [3.8, 4) is 0 Å². The van der Waals surface area contributed by atoms with Crippen LogP contribution in [-0.4, -0.2) is 19.6 Å². The van der Waals surface area contributed by atoms with E-state index >= 15 is 0 Å². The van der Waals surface area contributed by atoms with E-state index in [0.29, 0.717) is 11.5 Å². The lowest BCUT2D eigenvalue weighted by molar-refractivity contribution is 1.11. The van der Waals surface area contributed by atoms with Crippen molar-refractivity contribution < 1.29 is 0 Å². The number of nitrogens with two attached hydrogens (primary N) is 1. The molecule has 0 spiro atoms. The van der Waals surface area contributed by atoms with Crippen LogP contribution in [0.25, 0.3) is 16.7 Å². The van der Waals surface area contributed by atoms with E-state index in [-0.39, 0.29) is 0 Å². The van der Waals surface area contributed by atoms with E-state index in [1.165, 1.54) is 5.56 Å². The van der Waals surface area contributed by atoms with Crippen molar-refractivity contribution in [2.45, 2.75) is 6.92 Å². The highest BCUT2D eigenvalue weighted by atomic mass is 15.2. The molecule has 0 aliphatic carbocycles. The molecule has 2 aromatic heterocycles. The average Bonchev–Trinajstić information content (AvgIpc) is 2.69. The molecule has 3 rings (SSSR count). The molecular weight excluding hydrogens is 190 g/mol. The first-order chi connectivity index (χ1) is 7.25. The predicted octanol–water partition coefficient (Wildman–Crippen LogP) is 1.17. The lowest BCUT2D eigenvalue weighted by Crippen LogP contribution is -1.98. The first-order valence-electron chi connectivity index (χ1n) is 4.61. The third-order valence-corrected chi connectivity index (χ3v) is 2.41. The molecule has 0 saturated heterocycles. The van der Waals surface area contributed by atoms with E-state index in [9.17, 15) is 0 Å². The maximum absolute atomic E-state index is 5.77. The van der Waals surface area contributed by atoms with Crippen LogP contribution in [0, 0.1) is 6.92 Å². The number of fused-ring (bicyclic) bond motifs is 3. The summed E-state index contributed by atoms with van der Waals surface area (Å²) in [5.74, 6) is 0.406. The van der Waals surface area contributed by atoms with Crippen LogP contribution in [-0.2, 0) is 0 Å². The molecule has 15 heavy (non-hydrogen) atoms. The second-order valence-corrected chi connectivity index (χ2v) is 3.51. The third-order valence-electron chi connectivity index (χ3n) is 2.41. The number of nitrogens with zero attached hydrogens (tertiary/aromatic N) is 4. The molecule has 0 radical (unpaired) electrons. The maximum Gasteiger partial charge on any atom is 0.203 e. The number of hydrogen-bond donors (Lipinski definition) is 1. The normalized spacial score (nSPS) is 11.3. The monoisotopic (exact) mass is 199 g/mol. The Morgan fingerprint density at radius 3 is 3.07 bits per heavy atom. The molecule has 5 heteroatoms. The van der Waals surface area contributed by atoms with Crippen molar-refractivity contribution in [3.05, 3.63) is 30.1 Å². The molecule has 0 saturated carbocycles. The molecule has 0 aliphatic rings. The van der Waals surface area contributed by atoms with Crippen LogP contribution < -0.4 is 5.73 Å². The predicted molar refractivity (Wildman–Crippen MR) is 57.4 cm³/mol. The summed E-state index contributed by atoms with van der Waals surface area (Å²) in [6, 6.07) is 5.99. The van der Waals surface area contributed by atoms with Crippen molar-refractivity contribution in [2.24, 2.45) is 0 Å². The first-order valence-corrected chi connectivity index (χ1v) is 4.61. The van der Waals surface area contributed by atoms with Gasteiger partial charge in [-0.2, -0.15) is 0 Å². The summed E-state index contributed by atoms with van der Waals surface area (Å²) >= 11 is 0.